The SMILES string of the molecule is CCNC(=NCc1ccc(C)cc1OCCOC)NCC(C)CN1CCCC1. The Kier molecular flexibility index (Phi) is 10.1. The molecule has 2 N–H and O–H groups in total. The summed E-state index contributed by atoms with van der Waals surface area (Å²) in [5.41, 5.74) is 2.27. The van der Waals surface area contributed by atoms with Crippen LogP contribution in [0.3, 0.4) is 0 Å². The van der Waals surface area contributed by atoms with Crippen molar-refractivity contribution >= 4 is 5.96 Å². The second-order valence-electron chi connectivity index (χ2n) is 7.64. The first-order valence-corrected chi connectivity index (χ1v) is 10.6. The summed E-state index contributed by atoms with van der Waals surface area (Å²) in [5, 5.41) is 6.85. The van der Waals surface area contributed by atoms with E-state index in [4.69, 9.17) is 14.5 Å². The zero-order valence-corrected chi connectivity index (χ0v) is 18.1. The summed E-state index contributed by atoms with van der Waals surface area (Å²) < 4.78 is 11.0. The monoisotopic (exact) mass is 390 g/mol. The Morgan fingerprint density at radius 3 is 2.71 bits per heavy atom. The summed E-state index contributed by atoms with van der Waals surface area (Å²) in [6, 6.07) is 6.27. The fourth-order valence-corrected chi connectivity index (χ4v) is 3.41. The van der Waals surface area contributed by atoms with Gasteiger partial charge in [0.25, 0.3) is 0 Å². The zero-order valence-electron chi connectivity index (χ0n) is 18.1. The van der Waals surface area contributed by atoms with Crippen LogP contribution in [0.5, 0.6) is 5.75 Å². The molecular formula is C22H38N4O2. The summed E-state index contributed by atoms with van der Waals surface area (Å²) in [5.74, 6) is 2.34. The minimum absolute atomic E-state index is 0.545. The number of rotatable bonds is 11. The van der Waals surface area contributed by atoms with Crippen LogP contribution in [-0.2, 0) is 11.3 Å². The second-order valence-corrected chi connectivity index (χ2v) is 7.64. The van der Waals surface area contributed by atoms with Gasteiger partial charge in [0.15, 0.2) is 5.96 Å². The number of benzene rings is 1. The normalized spacial score (nSPS) is 16.2. The topological polar surface area (TPSA) is 58.1 Å². The number of hydrogen-bond donors (Lipinski definition) is 2. The molecule has 1 unspecified atom stereocenters. The average Bonchev–Trinajstić information content (AvgIpc) is 3.18. The van der Waals surface area contributed by atoms with Gasteiger partial charge in [-0.2, -0.15) is 0 Å². The van der Waals surface area contributed by atoms with Crippen molar-refractivity contribution in [3.8, 4) is 5.75 Å². The number of aliphatic imine (C=N–C) groups is 1. The fraction of sp³-hybridized carbons (Fsp3) is 0.682. The number of guanidine groups is 1. The molecule has 0 bridgehead atoms. The number of nitrogens with zero attached hydrogens (tertiary/aromatic N) is 2. The second kappa shape index (κ2) is 12.6. The van der Waals surface area contributed by atoms with E-state index in [1.807, 2.05) is 0 Å². The molecule has 1 fully saturated rings. The number of ether oxygens (including phenoxy) is 2. The lowest BCUT2D eigenvalue weighted by atomic mass is 10.1. The lowest BCUT2D eigenvalue weighted by Crippen LogP contribution is -2.41. The van der Waals surface area contributed by atoms with E-state index in [1.165, 1.54) is 31.5 Å². The van der Waals surface area contributed by atoms with Crippen molar-refractivity contribution in [3.63, 3.8) is 0 Å². The first kappa shape index (κ1) is 22.5. The quantitative estimate of drug-likeness (QED) is 0.346. The van der Waals surface area contributed by atoms with Gasteiger partial charge in [0, 0.05) is 32.3 Å². The Labute approximate surface area is 170 Å². The van der Waals surface area contributed by atoms with Crippen molar-refractivity contribution in [1.29, 1.82) is 0 Å². The van der Waals surface area contributed by atoms with Crippen LogP contribution in [-0.4, -0.2) is 63.9 Å². The van der Waals surface area contributed by atoms with Gasteiger partial charge in [-0.3, -0.25) is 0 Å². The molecule has 0 saturated carbocycles. The highest BCUT2D eigenvalue weighted by Gasteiger charge is 2.14. The lowest BCUT2D eigenvalue weighted by molar-refractivity contribution is 0.145. The van der Waals surface area contributed by atoms with E-state index in [0.29, 0.717) is 25.7 Å². The Hall–Kier alpha value is -1.79. The van der Waals surface area contributed by atoms with Crippen molar-refractivity contribution in [2.45, 2.75) is 40.2 Å². The van der Waals surface area contributed by atoms with Crippen LogP contribution in [0.15, 0.2) is 23.2 Å². The van der Waals surface area contributed by atoms with Crippen LogP contribution in [0.4, 0.5) is 0 Å². The van der Waals surface area contributed by atoms with Crippen LogP contribution in [0, 0.1) is 12.8 Å². The van der Waals surface area contributed by atoms with Crippen molar-refractivity contribution in [2.75, 3.05) is 53.0 Å². The largest absolute Gasteiger partial charge is 0.491 e. The molecular weight excluding hydrogens is 352 g/mol. The smallest absolute Gasteiger partial charge is 0.191 e. The van der Waals surface area contributed by atoms with Gasteiger partial charge in [-0.15, -0.1) is 0 Å². The highest BCUT2D eigenvalue weighted by molar-refractivity contribution is 5.79. The van der Waals surface area contributed by atoms with Crippen molar-refractivity contribution < 1.29 is 9.47 Å². The molecule has 0 aliphatic carbocycles. The number of hydrogen-bond acceptors (Lipinski definition) is 4. The maximum Gasteiger partial charge on any atom is 0.191 e. The van der Waals surface area contributed by atoms with Crippen molar-refractivity contribution in [3.05, 3.63) is 29.3 Å². The molecule has 158 valence electrons. The molecule has 1 aliphatic rings. The maximum absolute atomic E-state index is 5.88. The minimum Gasteiger partial charge on any atom is -0.491 e. The Morgan fingerprint density at radius 1 is 1.21 bits per heavy atom. The van der Waals surface area contributed by atoms with Gasteiger partial charge in [-0.1, -0.05) is 19.1 Å². The molecule has 1 aliphatic heterocycles. The van der Waals surface area contributed by atoms with Crippen molar-refractivity contribution in [2.24, 2.45) is 10.9 Å². The van der Waals surface area contributed by atoms with Crippen LogP contribution in [0.2, 0.25) is 0 Å². The highest BCUT2D eigenvalue weighted by atomic mass is 16.5. The summed E-state index contributed by atoms with van der Waals surface area (Å²) >= 11 is 0. The number of nitrogens with one attached hydrogen (secondary N) is 2. The van der Waals surface area contributed by atoms with E-state index in [-0.39, 0.29) is 0 Å². The van der Waals surface area contributed by atoms with Gasteiger partial charge in [0.05, 0.1) is 13.2 Å². The predicted octanol–water partition coefficient (Wildman–Crippen LogP) is 2.81. The molecule has 1 aromatic carbocycles. The third-order valence-electron chi connectivity index (χ3n) is 4.91. The standard InChI is InChI=1S/C22H38N4O2/c1-5-23-22(24-15-19(3)17-26-10-6-7-11-26)25-16-20-9-8-18(2)14-21(20)28-13-12-27-4/h8-9,14,19H,5-7,10-13,15-17H2,1-4H3,(H2,23,24,25). The predicted molar refractivity (Wildman–Crippen MR) is 116 cm³/mol. The molecule has 0 aromatic heterocycles. The van der Waals surface area contributed by atoms with Crippen molar-refractivity contribution in [1.82, 2.24) is 15.5 Å². The summed E-state index contributed by atoms with van der Waals surface area (Å²) in [6.07, 6.45) is 2.69. The third kappa shape index (κ3) is 8.07. The van der Waals surface area contributed by atoms with E-state index in [9.17, 15) is 0 Å². The first-order valence-electron chi connectivity index (χ1n) is 10.6. The van der Waals surface area contributed by atoms with E-state index in [2.05, 4.69) is 54.5 Å². The van der Waals surface area contributed by atoms with Gasteiger partial charge in [0.1, 0.15) is 12.4 Å². The molecule has 1 atom stereocenters. The minimum atomic E-state index is 0.545. The molecule has 1 heterocycles. The maximum atomic E-state index is 5.88. The van der Waals surface area contributed by atoms with Crippen LogP contribution in [0.25, 0.3) is 0 Å². The average molecular weight is 391 g/mol. The third-order valence-corrected chi connectivity index (χ3v) is 4.91. The molecule has 6 heteroatoms. The van der Waals surface area contributed by atoms with E-state index in [1.54, 1.807) is 7.11 Å². The molecule has 0 amide bonds. The molecule has 6 nitrogen and oxygen atoms in total. The Morgan fingerprint density at radius 2 is 2.00 bits per heavy atom. The number of aryl methyl sites for hydroxylation is 1. The lowest BCUT2D eigenvalue weighted by Gasteiger charge is -2.21. The van der Waals surface area contributed by atoms with E-state index >= 15 is 0 Å². The molecule has 28 heavy (non-hydrogen) atoms. The molecule has 1 aromatic rings. The zero-order chi connectivity index (χ0) is 20.2. The summed E-state index contributed by atoms with van der Waals surface area (Å²) in [6.45, 7) is 13.6. The van der Waals surface area contributed by atoms with E-state index in [0.717, 1.165) is 36.9 Å². The van der Waals surface area contributed by atoms with Gasteiger partial charge in [0.2, 0.25) is 0 Å². The first-order chi connectivity index (χ1) is 13.6. The molecule has 0 radical (unpaired) electrons. The number of likely N-dealkylation sites (tertiary alicyclic amines) is 1. The Bertz CT molecular complexity index is 600. The molecule has 1 saturated heterocycles. The molecule has 0 spiro atoms. The number of methoxy groups -OCH3 is 1. The summed E-state index contributed by atoms with van der Waals surface area (Å²) in [4.78, 5) is 7.34. The van der Waals surface area contributed by atoms with Crippen LogP contribution < -0.4 is 15.4 Å². The molecule has 2 rings (SSSR count). The Balaban J connectivity index is 1.91. The van der Waals surface area contributed by atoms with Gasteiger partial charge in [-0.05, 0) is 57.3 Å². The van der Waals surface area contributed by atoms with E-state index < -0.39 is 0 Å². The van der Waals surface area contributed by atoms with Gasteiger partial charge < -0.3 is 25.0 Å². The van der Waals surface area contributed by atoms with Crippen LogP contribution in [0.1, 0.15) is 37.8 Å². The highest BCUT2D eigenvalue weighted by Crippen LogP contribution is 2.21. The van der Waals surface area contributed by atoms with Gasteiger partial charge >= 0.3 is 0 Å². The van der Waals surface area contributed by atoms with Crippen LogP contribution >= 0.6 is 0 Å². The fourth-order valence-electron chi connectivity index (χ4n) is 3.41. The van der Waals surface area contributed by atoms with Gasteiger partial charge in [-0.25, -0.2) is 4.99 Å². The summed E-state index contributed by atoms with van der Waals surface area (Å²) in [7, 11) is 1.68.